The Labute approximate surface area is 220 Å². The number of unbranched alkanes of at least 4 members (excludes halogenated alkanes) is 2. The quantitative estimate of drug-likeness (QED) is 0.318. The minimum atomic E-state index is -0.589. The third-order valence-corrected chi connectivity index (χ3v) is 6.98. The zero-order chi connectivity index (χ0) is 26.8. The first-order valence-electron chi connectivity index (χ1n) is 13.4. The number of nitrogens with one attached hydrogen (secondary N) is 1. The van der Waals surface area contributed by atoms with Gasteiger partial charge in [-0.3, -0.25) is 19.3 Å². The minimum absolute atomic E-state index is 0.0363. The number of likely N-dealkylation sites (N-methyl/N-ethyl adjacent to an activating group) is 1. The number of likely N-dealkylation sites (tertiary alicyclic amines) is 1. The van der Waals surface area contributed by atoms with Crippen molar-refractivity contribution in [1.82, 2.24) is 15.1 Å². The maximum Gasteiger partial charge on any atom is 0.311 e. The van der Waals surface area contributed by atoms with E-state index in [0.717, 1.165) is 44.3 Å². The number of benzene rings is 1. The van der Waals surface area contributed by atoms with Crippen molar-refractivity contribution in [2.75, 3.05) is 46.6 Å². The Kier molecular flexibility index (Phi) is 10.8. The highest BCUT2D eigenvalue weighted by Crippen LogP contribution is 2.42. The molecule has 0 saturated carbocycles. The van der Waals surface area contributed by atoms with E-state index in [1.54, 1.807) is 20.0 Å². The van der Waals surface area contributed by atoms with Crippen LogP contribution in [0.1, 0.15) is 57.9 Å². The van der Waals surface area contributed by atoms with E-state index in [9.17, 15) is 14.4 Å². The fourth-order valence-electron chi connectivity index (χ4n) is 4.97. The fourth-order valence-corrected chi connectivity index (χ4v) is 4.97. The first kappa shape index (κ1) is 28.5. The van der Waals surface area contributed by atoms with Gasteiger partial charge >= 0.3 is 5.97 Å². The van der Waals surface area contributed by atoms with Crippen molar-refractivity contribution in [3.63, 3.8) is 0 Å². The van der Waals surface area contributed by atoms with E-state index in [4.69, 9.17) is 14.2 Å². The van der Waals surface area contributed by atoms with Gasteiger partial charge in [-0.05, 0) is 37.5 Å². The van der Waals surface area contributed by atoms with Crippen molar-refractivity contribution in [3.8, 4) is 11.5 Å². The summed E-state index contributed by atoms with van der Waals surface area (Å²) in [6, 6.07) is 5.21. The molecule has 2 aliphatic rings. The molecule has 2 aliphatic heterocycles. The lowest BCUT2D eigenvalue weighted by atomic mass is 9.85. The molecule has 1 saturated heterocycles. The summed E-state index contributed by atoms with van der Waals surface area (Å²) < 4.78 is 16.5. The number of esters is 1. The van der Waals surface area contributed by atoms with Crippen LogP contribution in [0.5, 0.6) is 11.5 Å². The van der Waals surface area contributed by atoms with Gasteiger partial charge in [0.05, 0.1) is 19.1 Å². The Bertz CT molecular complexity index is 957. The highest BCUT2D eigenvalue weighted by Gasteiger charge is 2.47. The van der Waals surface area contributed by atoms with Crippen molar-refractivity contribution in [2.45, 2.75) is 58.4 Å². The van der Waals surface area contributed by atoms with Crippen molar-refractivity contribution in [2.24, 2.45) is 5.92 Å². The molecule has 2 heterocycles. The lowest BCUT2D eigenvalue weighted by molar-refractivity contribution is -0.149. The molecule has 0 spiro atoms. The number of ether oxygens (including phenoxy) is 3. The molecule has 3 atom stereocenters. The summed E-state index contributed by atoms with van der Waals surface area (Å²) in [5.41, 5.74) is 0.907. The van der Waals surface area contributed by atoms with Crippen molar-refractivity contribution >= 4 is 17.8 Å². The largest absolute Gasteiger partial charge is 0.466 e. The average Bonchev–Trinajstić information content (AvgIpc) is 3.51. The first-order valence-corrected chi connectivity index (χ1v) is 13.4. The molecule has 1 aromatic rings. The van der Waals surface area contributed by atoms with Crippen molar-refractivity contribution < 1.29 is 28.6 Å². The third-order valence-electron chi connectivity index (χ3n) is 6.98. The van der Waals surface area contributed by atoms with Crippen LogP contribution < -0.4 is 14.8 Å². The van der Waals surface area contributed by atoms with Gasteiger partial charge in [-0.2, -0.15) is 0 Å². The standard InChI is InChI=1S/C28H41N3O6/c1-5-8-14-30(15-9-6-2)26(33)18-31-17-21(20-10-12-23-24(16-20)37-19-36-23)27(28(34)35-7-3)22(31)11-13-25(32)29-4/h10-13,16,21-22,27H,5-9,14-15,17-19H2,1-4H3,(H,29,32)/t21-,22-,27+/m1/s1. The summed E-state index contributed by atoms with van der Waals surface area (Å²) in [5, 5.41) is 2.58. The zero-order valence-corrected chi connectivity index (χ0v) is 22.5. The summed E-state index contributed by atoms with van der Waals surface area (Å²) in [6.07, 6.45) is 7.06. The SMILES string of the molecule is CCCCN(CCCC)C(=O)CN1C[C@H](c2ccc3c(c2)OCO3)[C@H](C(=O)OCC)[C@H]1C=CC(=O)NC. The number of rotatable bonds is 13. The van der Waals surface area contributed by atoms with E-state index in [0.29, 0.717) is 18.0 Å². The van der Waals surface area contributed by atoms with Crippen LogP contribution in [0, 0.1) is 5.92 Å². The van der Waals surface area contributed by atoms with E-state index < -0.39 is 12.0 Å². The van der Waals surface area contributed by atoms with E-state index in [1.807, 2.05) is 28.0 Å². The predicted octanol–water partition coefficient (Wildman–Crippen LogP) is 3.09. The number of amides is 2. The maximum absolute atomic E-state index is 13.5. The topological polar surface area (TPSA) is 97.4 Å². The van der Waals surface area contributed by atoms with Gasteiger partial charge in [-0.15, -0.1) is 0 Å². The molecule has 3 rings (SSSR count). The smallest absolute Gasteiger partial charge is 0.311 e. The van der Waals surface area contributed by atoms with Crippen LogP contribution >= 0.6 is 0 Å². The van der Waals surface area contributed by atoms with Crippen LogP contribution in [0.4, 0.5) is 0 Å². The fraction of sp³-hybridized carbons (Fsp3) is 0.607. The van der Waals surface area contributed by atoms with Crippen LogP contribution in [-0.2, 0) is 19.1 Å². The summed E-state index contributed by atoms with van der Waals surface area (Å²) in [5.74, 6) is -0.116. The Morgan fingerprint density at radius 1 is 1.11 bits per heavy atom. The van der Waals surface area contributed by atoms with Crippen LogP contribution in [0.3, 0.4) is 0 Å². The van der Waals surface area contributed by atoms with Crippen LogP contribution in [-0.4, -0.2) is 80.3 Å². The highest BCUT2D eigenvalue weighted by atomic mass is 16.7. The third kappa shape index (κ3) is 7.25. The molecule has 0 aliphatic carbocycles. The van der Waals surface area contributed by atoms with Crippen LogP contribution in [0.2, 0.25) is 0 Å². The van der Waals surface area contributed by atoms with Crippen LogP contribution in [0.15, 0.2) is 30.4 Å². The van der Waals surface area contributed by atoms with Gasteiger partial charge in [-0.25, -0.2) is 0 Å². The summed E-state index contributed by atoms with van der Waals surface area (Å²) in [4.78, 5) is 42.8. The first-order chi connectivity index (χ1) is 17.9. The summed E-state index contributed by atoms with van der Waals surface area (Å²) in [7, 11) is 1.56. The van der Waals surface area contributed by atoms with E-state index >= 15 is 0 Å². The maximum atomic E-state index is 13.5. The second-order valence-electron chi connectivity index (χ2n) is 9.48. The second-order valence-corrected chi connectivity index (χ2v) is 9.48. The molecule has 37 heavy (non-hydrogen) atoms. The van der Waals surface area contributed by atoms with E-state index in [-0.39, 0.29) is 43.6 Å². The Balaban J connectivity index is 1.94. The number of carbonyl (C=O) groups is 3. The molecule has 0 aromatic heterocycles. The Morgan fingerprint density at radius 2 is 1.81 bits per heavy atom. The number of nitrogens with zero attached hydrogens (tertiary/aromatic N) is 2. The lowest BCUT2D eigenvalue weighted by Gasteiger charge is -2.28. The minimum Gasteiger partial charge on any atom is -0.466 e. The molecule has 1 fully saturated rings. The summed E-state index contributed by atoms with van der Waals surface area (Å²) in [6.45, 7) is 8.47. The number of hydrogen-bond acceptors (Lipinski definition) is 7. The van der Waals surface area contributed by atoms with Gasteiger partial charge in [0.15, 0.2) is 11.5 Å². The van der Waals surface area contributed by atoms with E-state index in [1.165, 1.54) is 6.08 Å². The molecule has 0 unspecified atom stereocenters. The predicted molar refractivity (Wildman–Crippen MR) is 140 cm³/mol. The molecular formula is C28H41N3O6. The number of carbonyl (C=O) groups excluding carboxylic acids is 3. The molecule has 204 valence electrons. The van der Waals surface area contributed by atoms with Gasteiger partial charge < -0.3 is 24.4 Å². The molecule has 0 radical (unpaired) electrons. The lowest BCUT2D eigenvalue weighted by Crippen LogP contribution is -2.44. The van der Waals surface area contributed by atoms with E-state index in [2.05, 4.69) is 19.2 Å². The molecule has 2 amide bonds. The van der Waals surface area contributed by atoms with Crippen molar-refractivity contribution in [1.29, 1.82) is 0 Å². The zero-order valence-electron chi connectivity index (χ0n) is 22.5. The van der Waals surface area contributed by atoms with Gasteiger partial charge in [0.1, 0.15) is 0 Å². The molecule has 9 nitrogen and oxygen atoms in total. The normalized spacial score (nSPS) is 20.8. The molecular weight excluding hydrogens is 474 g/mol. The molecule has 1 aromatic carbocycles. The van der Waals surface area contributed by atoms with Crippen molar-refractivity contribution in [3.05, 3.63) is 35.9 Å². The monoisotopic (exact) mass is 515 g/mol. The van der Waals surface area contributed by atoms with Gasteiger partial charge in [0.25, 0.3) is 0 Å². The molecule has 0 bridgehead atoms. The second kappa shape index (κ2) is 14.0. The van der Waals surface area contributed by atoms with Crippen LogP contribution in [0.25, 0.3) is 0 Å². The average molecular weight is 516 g/mol. The Hall–Kier alpha value is -3.07. The van der Waals surface area contributed by atoms with Gasteiger partial charge in [-0.1, -0.05) is 38.8 Å². The van der Waals surface area contributed by atoms with Gasteiger partial charge in [0.2, 0.25) is 18.6 Å². The number of hydrogen-bond donors (Lipinski definition) is 1. The molecule has 9 heteroatoms. The number of fused-ring (bicyclic) bond motifs is 1. The molecule has 1 N–H and O–H groups in total. The Morgan fingerprint density at radius 3 is 2.46 bits per heavy atom. The summed E-state index contributed by atoms with van der Waals surface area (Å²) >= 11 is 0. The van der Waals surface area contributed by atoms with Gasteiger partial charge in [0, 0.05) is 44.7 Å². The highest BCUT2D eigenvalue weighted by molar-refractivity contribution is 5.87.